The molecule has 33 heavy (non-hydrogen) atoms. The van der Waals surface area contributed by atoms with Crippen LogP contribution in [0.25, 0.3) is 11.2 Å². The van der Waals surface area contributed by atoms with Crippen molar-refractivity contribution in [2.24, 2.45) is 7.05 Å². The second-order valence-corrected chi connectivity index (χ2v) is 8.87. The van der Waals surface area contributed by atoms with Crippen molar-refractivity contribution in [2.45, 2.75) is 45.7 Å². The van der Waals surface area contributed by atoms with Crippen LogP contribution in [0.5, 0.6) is 5.75 Å². The van der Waals surface area contributed by atoms with E-state index < -0.39 is 0 Å². The van der Waals surface area contributed by atoms with Crippen molar-refractivity contribution in [3.63, 3.8) is 0 Å². The van der Waals surface area contributed by atoms with E-state index in [2.05, 4.69) is 9.80 Å². The quantitative estimate of drug-likeness (QED) is 0.571. The highest BCUT2D eigenvalue weighted by molar-refractivity contribution is 5.77. The molecule has 1 aromatic carbocycles. The largest absolute Gasteiger partial charge is 0.494 e. The highest BCUT2D eigenvalue weighted by atomic mass is 16.5. The van der Waals surface area contributed by atoms with Crippen molar-refractivity contribution in [1.29, 1.82) is 0 Å². The number of hydrogen-bond donors (Lipinski definition) is 0. The molecule has 176 valence electrons. The standard InChI is InChI=1S/C24H32N6O3/c1-3-33-19-10-8-18(9-11-19)28-14-7-15-29-20-21(25-23(28)29)26(2)24(32)30(22(20)31)17-16-27-12-5-4-6-13-27/h8-11H,3-7,12-17H2,1-2H3. The molecule has 2 aliphatic heterocycles. The Morgan fingerprint density at radius 2 is 1.70 bits per heavy atom. The molecule has 3 aromatic rings. The zero-order chi connectivity index (χ0) is 22.9. The zero-order valence-corrected chi connectivity index (χ0v) is 19.5. The van der Waals surface area contributed by atoms with Gasteiger partial charge in [-0.05, 0) is 63.5 Å². The number of imidazole rings is 1. The van der Waals surface area contributed by atoms with Gasteiger partial charge < -0.3 is 19.1 Å². The summed E-state index contributed by atoms with van der Waals surface area (Å²) in [4.78, 5) is 35.8. The van der Waals surface area contributed by atoms with Gasteiger partial charge in [-0.25, -0.2) is 4.79 Å². The summed E-state index contributed by atoms with van der Waals surface area (Å²) >= 11 is 0. The van der Waals surface area contributed by atoms with E-state index in [1.54, 1.807) is 7.05 Å². The summed E-state index contributed by atoms with van der Waals surface area (Å²) in [7, 11) is 1.71. The topological polar surface area (TPSA) is 77.5 Å². The van der Waals surface area contributed by atoms with Crippen LogP contribution in [0, 0.1) is 0 Å². The normalized spacial score (nSPS) is 16.8. The fraction of sp³-hybridized carbons (Fsp3) is 0.542. The Morgan fingerprint density at radius 1 is 0.939 bits per heavy atom. The average molecular weight is 453 g/mol. The SMILES string of the molecule is CCOc1ccc(N2CCCn3c2nc2c3c(=O)n(CCN3CCCCC3)c(=O)n2C)cc1. The Bertz CT molecular complexity index is 1250. The first kappa shape index (κ1) is 21.8. The second kappa shape index (κ2) is 9.05. The van der Waals surface area contributed by atoms with Crippen LogP contribution in [0.3, 0.4) is 0 Å². The Balaban J connectivity index is 1.53. The van der Waals surface area contributed by atoms with Crippen LogP contribution in [0.4, 0.5) is 11.6 Å². The van der Waals surface area contributed by atoms with Gasteiger partial charge in [0.25, 0.3) is 5.56 Å². The molecule has 0 atom stereocenters. The number of fused-ring (bicyclic) bond motifs is 3. The Labute approximate surface area is 192 Å². The Kier molecular flexibility index (Phi) is 5.97. The number of rotatable bonds is 6. The first-order chi connectivity index (χ1) is 16.1. The molecule has 0 spiro atoms. The van der Waals surface area contributed by atoms with E-state index in [4.69, 9.17) is 9.72 Å². The molecule has 2 aromatic heterocycles. The smallest absolute Gasteiger partial charge is 0.332 e. The van der Waals surface area contributed by atoms with Gasteiger partial charge in [0, 0.05) is 38.9 Å². The first-order valence-corrected chi connectivity index (χ1v) is 12.0. The van der Waals surface area contributed by atoms with Gasteiger partial charge in [0.05, 0.1) is 6.61 Å². The summed E-state index contributed by atoms with van der Waals surface area (Å²) in [5.74, 6) is 1.53. The van der Waals surface area contributed by atoms with Crippen LogP contribution in [-0.2, 0) is 20.1 Å². The van der Waals surface area contributed by atoms with E-state index in [1.807, 2.05) is 35.8 Å². The summed E-state index contributed by atoms with van der Waals surface area (Å²) in [5, 5.41) is 0. The lowest BCUT2D eigenvalue weighted by atomic mass is 10.1. The van der Waals surface area contributed by atoms with Gasteiger partial charge in [-0.3, -0.25) is 13.9 Å². The molecule has 2 aliphatic rings. The fourth-order valence-corrected chi connectivity index (χ4v) is 5.02. The zero-order valence-electron chi connectivity index (χ0n) is 19.5. The van der Waals surface area contributed by atoms with Crippen molar-refractivity contribution in [3.05, 3.63) is 45.1 Å². The van der Waals surface area contributed by atoms with Crippen molar-refractivity contribution in [1.82, 2.24) is 23.6 Å². The minimum atomic E-state index is -0.299. The molecule has 0 radical (unpaired) electrons. The van der Waals surface area contributed by atoms with Gasteiger partial charge in [-0.15, -0.1) is 0 Å². The molecule has 4 heterocycles. The van der Waals surface area contributed by atoms with Crippen LogP contribution in [0.1, 0.15) is 32.6 Å². The van der Waals surface area contributed by atoms with Crippen LogP contribution >= 0.6 is 0 Å². The van der Waals surface area contributed by atoms with Crippen LogP contribution in [0.2, 0.25) is 0 Å². The molecule has 0 aliphatic carbocycles. The van der Waals surface area contributed by atoms with Gasteiger partial charge in [0.15, 0.2) is 11.2 Å². The van der Waals surface area contributed by atoms with Gasteiger partial charge >= 0.3 is 5.69 Å². The van der Waals surface area contributed by atoms with Gasteiger partial charge in [-0.1, -0.05) is 6.42 Å². The molecule has 0 amide bonds. The fourth-order valence-electron chi connectivity index (χ4n) is 5.02. The molecule has 0 bridgehead atoms. The van der Waals surface area contributed by atoms with Crippen molar-refractivity contribution in [3.8, 4) is 5.75 Å². The summed E-state index contributed by atoms with van der Waals surface area (Å²) < 4.78 is 10.5. The molecule has 1 saturated heterocycles. The predicted molar refractivity (Wildman–Crippen MR) is 129 cm³/mol. The summed E-state index contributed by atoms with van der Waals surface area (Å²) in [5.41, 5.74) is 1.42. The number of benzene rings is 1. The minimum Gasteiger partial charge on any atom is -0.494 e. The first-order valence-electron chi connectivity index (χ1n) is 12.0. The number of hydrogen-bond acceptors (Lipinski definition) is 6. The molecule has 5 rings (SSSR count). The third-order valence-electron chi connectivity index (χ3n) is 6.77. The van der Waals surface area contributed by atoms with Crippen molar-refractivity contribution < 1.29 is 4.74 Å². The molecule has 9 heteroatoms. The van der Waals surface area contributed by atoms with Crippen LogP contribution < -0.4 is 20.9 Å². The summed E-state index contributed by atoms with van der Waals surface area (Å²) in [6.07, 6.45) is 4.52. The third-order valence-corrected chi connectivity index (χ3v) is 6.77. The van der Waals surface area contributed by atoms with E-state index in [-0.39, 0.29) is 11.2 Å². The highest BCUT2D eigenvalue weighted by Gasteiger charge is 2.27. The maximum absolute atomic E-state index is 13.5. The number of aryl methyl sites for hydroxylation is 2. The van der Waals surface area contributed by atoms with Crippen LogP contribution in [-0.4, -0.2) is 56.4 Å². The molecule has 0 saturated carbocycles. The van der Waals surface area contributed by atoms with E-state index in [0.717, 1.165) is 44.0 Å². The molecule has 9 nitrogen and oxygen atoms in total. The lowest BCUT2D eigenvalue weighted by Crippen LogP contribution is -2.43. The maximum atomic E-state index is 13.5. The van der Waals surface area contributed by atoms with E-state index in [1.165, 1.54) is 28.4 Å². The van der Waals surface area contributed by atoms with Gasteiger partial charge in [-0.2, -0.15) is 4.98 Å². The van der Waals surface area contributed by atoms with Crippen LogP contribution in [0.15, 0.2) is 33.9 Å². The molecular formula is C24H32N6O3. The monoisotopic (exact) mass is 452 g/mol. The number of likely N-dealkylation sites (tertiary alicyclic amines) is 1. The molecule has 1 fully saturated rings. The van der Waals surface area contributed by atoms with E-state index in [9.17, 15) is 9.59 Å². The van der Waals surface area contributed by atoms with E-state index >= 15 is 0 Å². The average Bonchev–Trinajstić information content (AvgIpc) is 3.24. The molecule has 0 N–H and O–H groups in total. The number of nitrogens with zero attached hydrogens (tertiary/aromatic N) is 6. The Morgan fingerprint density at radius 3 is 2.42 bits per heavy atom. The lowest BCUT2D eigenvalue weighted by molar-refractivity contribution is 0.218. The number of ether oxygens (including phenoxy) is 1. The molecular weight excluding hydrogens is 420 g/mol. The summed E-state index contributed by atoms with van der Waals surface area (Å²) in [6, 6.07) is 7.92. The summed E-state index contributed by atoms with van der Waals surface area (Å²) in [6.45, 7) is 7.30. The van der Waals surface area contributed by atoms with E-state index in [0.29, 0.717) is 36.8 Å². The van der Waals surface area contributed by atoms with Gasteiger partial charge in [0.1, 0.15) is 5.75 Å². The number of piperidine rings is 1. The minimum absolute atomic E-state index is 0.239. The Hall–Kier alpha value is -3.07. The van der Waals surface area contributed by atoms with Crippen molar-refractivity contribution >= 4 is 22.8 Å². The number of aromatic nitrogens is 4. The predicted octanol–water partition coefficient (Wildman–Crippen LogP) is 2.32. The highest BCUT2D eigenvalue weighted by Crippen LogP contribution is 2.31. The lowest BCUT2D eigenvalue weighted by Gasteiger charge is -2.29. The third kappa shape index (κ3) is 3.94. The molecule has 0 unspecified atom stereocenters. The van der Waals surface area contributed by atoms with Crippen molar-refractivity contribution in [2.75, 3.05) is 37.7 Å². The second-order valence-electron chi connectivity index (χ2n) is 8.87. The number of anilines is 2. The van der Waals surface area contributed by atoms with Gasteiger partial charge in [0.2, 0.25) is 5.95 Å². The maximum Gasteiger partial charge on any atom is 0.332 e.